The van der Waals surface area contributed by atoms with E-state index >= 15 is 0 Å². The van der Waals surface area contributed by atoms with E-state index in [9.17, 15) is 4.79 Å². The Balaban J connectivity index is 1.92. The lowest BCUT2D eigenvalue weighted by Crippen LogP contribution is -2.47. The molecule has 0 saturated carbocycles. The summed E-state index contributed by atoms with van der Waals surface area (Å²) < 4.78 is 6.19. The SMILES string of the molecule is CC#CCN1CCC(C(=O)CC)(c2ccccc2Oc2ccccc2)CC1. The van der Waals surface area contributed by atoms with E-state index in [-0.39, 0.29) is 0 Å². The maximum absolute atomic E-state index is 13.1. The van der Waals surface area contributed by atoms with Gasteiger partial charge in [0, 0.05) is 25.1 Å². The summed E-state index contributed by atoms with van der Waals surface area (Å²) >= 11 is 0. The second kappa shape index (κ2) is 8.88. The molecule has 27 heavy (non-hydrogen) atoms. The number of nitrogens with zero attached hydrogens (tertiary/aromatic N) is 1. The van der Waals surface area contributed by atoms with Crippen molar-refractivity contribution in [1.82, 2.24) is 4.90 Å². The average molecular weight is 361 g/mol. The van der Waals surface area contributed by atoms with Crippen molar-refractivity contribution < 1.29 is 9.53 Å². The molecule has 2 aromatic carbocycles. The fraction of sp³-hybridized carbons (Fsp3) is 0.375. The Bertz CT molecular complexity index is 824. The molecule has 1 aliphatic rings. The number of hydrogen-bond donors (Lipinski definition) is 0. The number of rotatable bonds is 6. The minimum absolute atomic E-state index is 0.299. The fourth-order valence-corrected chi connectivity index (χ4v) is 3.89. The molecule has 3 nitrogen and oxygen atoms in total. The number of para-hydroxylation sites is 2. The molecule has 1 heterocycles. The lowest BCUT2D eigenvalue weighted by Gasteiger charge is -2.41. The van der Waals surface area contributed by atoms with Crippen LogP contribution < -0.4 is 4.74 Å². The van der Waals surface area contributed by atoms with Crippen molar-refractivity contribution in [2.75, 3.05) is 19.6 Å². The van der Waals surface area contributed by atoms with Crippen LogP contribution in [-0.2, 0) is 10.2 Å². The van der Waals surface area contributed by atoms with Crippen LogP contribution in [0.15, 0.2) is 54.6 Å². The minimum Gasteiger partial charge on any atom is -0.457 e. The van der Waals surface area contributed by atoms with Gasteiger partial charge in [-0.15, -0.1) is 5.92 Å². The Morgan fingerprint density at radius 2 is 1.74 bits per heavy atom. The van der Waals surface area contributed by atoms with Crippen LogP contribution in [0.3, 0.4) is 0 Å². The molecule has 0 atom stereocenters. The Morgan fingerprint density at radius 3 is 2.41 bits per heavy atom. The van der Waals surface area contributed by atoms with Crippen molar-refractivity contribution in [3.8, 4) is 23.3 Å². The van der Waals surface area contributed by atoms with E-state index in [0.29, 0.717) is 12.2 Å². The predicted molar refractivity (Wildman–Crippen MR) is 109 cm³/mol. The van der Waals surface area contributed by atoms with Crippen molar-refractivity contribution in [1.29, 1.82) is 0 Å². The molecule has 140 valence electrons. The van der Waals surface area contributed by atoms with Crippen molar-refractivity contribution in [2.24, 2.45) is 0 Å². The van der Waals surface area contributed by atoms with Gasteiger partial charge in [-0.2, -0.15) is 0 Å². The van der Waals surface area contributed by atoms with Crippen LogP contribution in [0.5, 0.6) is 11.5 Å². The van der Waals surface area contributed by atoms with Crippen LogP contribution in [0.25, 0.3) is 0 Å². The lowest BCUT2D eigenvalue weighted by molar-refractivity contribution is -0.126. The van der Waals surface area contributed by atoms with Crippen LogP contribution in [0.1, 0.15) is 38.7 Å². The van der Waals surface area contributed by atoms with Crippen LogP contribution in [0.4, 0.5) is 0 Å². The van der Waals surface area contributed by atoms with E-state index in [1.807, 2.05) is 62.4 Å². The van der Waals surface area contributed by atoms with Gasteiger partial charge in [0.25, 0.3) is 0 Å². The van der Waals surface area contributed by atoms with E-state index in [1.165, 1.54) is 0 Å². The summed E-state index contributed by atoms with van der Waals surface area (Å²) in [7, 11) is 0. The van der Waals surface area contributed by atoms with Gasteiger partial charge < -0.3 is 4.74 Å². The quantitative estimate of drug-likeness (QED) is 0.691. The third-order valence-electron chi connectivity index (χ3n) is 5.42. The number of ketones is 1. The van der Waals surface area contributed by atoms with E-state index < -0.39 is 5.41 Å². The third-order valence-corrected chi connectivity index (χ3v) is 5.42. The largest absolute Gasteiger partial charge is 0.457 e. The number of piperidine rings is 1. The summed E-state index contributed by atoms with van der Waals surface area (Å²) in [5.74, 6) is 7.97. The van der Waals surface area contributed by atoms with Gasteiger partial charge in [-0.25, -0.2) is 0 Å². The molecule has 3 rings (SSSR count). The first-order chi connectivity index (χ1) is 13.2. The first kappa shape index (κ1) is 19.2. The Kier molecular flexibility index (Phi) is 6.32. The molecule has 1 aliphatic heterocycles. The maximum Gasteiger partial charge on any atom is 0.143 e. The number of likely N-dealkylation sites (tertiary alicyclic amines) is 1. The molecule has 3 heteroatoms. The van der Waals surface area contributed by atoms with Crippen LogP contribution in [-0.4, -0.2) is 30.3 Å². The molecule has 1 fully saturated rings. The Hall–Kier alpha value is -2.57. The second-order valence-electron chi connectivity index (χ2n) is 6.97. The van der Waals surface area contributed by atoms with Crippen molar-refractivity contribution in [2.45, 2.75) is 38.5 Å². The zero-order valence-electron chi connectivity index (χ0n) is 16.2. The summed E-state index contributed by atoms with van der Waals surface area (Å²) in [6, 6.07) is 17.8. The highest BCUT2D eigenvalue weighted by Crippen LogP contribution is 2.43. The normalized spacial score (nSPS) is 16.2. The fourth-order valence-electron chi connectivity index (χ4n) is 3.89. The van der Waals surface area contributed by atoms with E-state index in [0.717, 1.165) is 49.5 Å². The van der Waals surface area contributed by atoms with Crippen LogP contribution >= 0.6 is 0 Å². The van der Waals surface area contributed by atoms with Crippen molar-refractivity contribution in [3.05, 3.63) is 60.2 Å². The number of carbonyl (C=O) groups excluding carboxylic acids is 1. The molecule has 0 spiro atoms. The molecule has 0 radical (unpaired) electrons. The molecule has 1 saturated heterocycles. The van der Waals surface area contributed by atoms with Crippen LogP contribution in [0.2, 0.25) is 0 Å². The number of carbonyl (C=O) groups is 1. The minimum atomic E-state index is -0.476. The van der Waals surface area contributed by atoms with Gasteiger partial charge in [-0.05, 0) is 38.0 Å². The molecular formula is C24H27NO2. The van der Waals surface area contributed by atoms with Gasteiger partial charge in [0.2, 0.25) is 0 Å². The zero-order chi connectivity index (χ0) is 19.1. The third kappa shape index (κ3) is 4.23. The van der Waals surface area contributed by atoms with Crippen LogP contribution in [0, 0.1) is 11.8 Å². The topological polar surface area (TPSA) is 29.5 Å². The average Bonchev–Trinajstić information content (AvgIpc) is 2.73. The summed E-state index contributed by atoms with van der Waals surface area (Å²) in [4.78, 5) is 15.4. The molecule has 0 aliphatic carbocycles. The van der Waals surface area contributed by atoms with Gasteiger partial charge in [-0.1, -0.05) is 49.2 Å². The van der Waals surface area contributed by atoms with E-state index in [4.69, 9.17) is 4.74 Å². The number of ether oxygens (including phenoxy) is 1. The van der Waals surface area contributed by atoms with Gasteiger partial charge >= 0.3 is 0 Å². The van der Waals surface area contributed by atoms with Gasteiger partial charge in [0.05, 0.1) is 12.0 Å². The van der Waals surface area contributed by atoms with E-state index in [1.54, 1.807) is 0 Å². The Morgan fingerprint density at radius 1 is 1.07 bits per heavy atom. The highest BCUT2D eigenvalue weighted by molar-refractivity contribution is 5.91. The lowest BCUT2D eigenvalue weighted by atomic mass is 9.68. The highest BCUT2D eigenvalue weighted by Gasteiger charge is 2.43. The second-order valence-corrected chi connectivity index (χ2v) is 6.97. The molecule has 0 unspecified atom stereocenters. The first-order valence-corrected chi connectivity index (χ1v) is 9.67. The summed E-state index contributed by atoms with van der Waals surface area (Å²) in [6.07, 6.45) is 2.15. The van der Waals surface area contributed by atoms with Gasteiger partial charge in [0.15, 0.2) is 0 Å². The molecular weight excluding hydrogens is 334 g/mol. The first-order valence-electron chi connectivity index (χ1n) is 9.67. The van der Waals surface area contributed by atoms with Crippen molar-refractivity contribution in [3.63, 3.8) is 0 Å². The zero-order valence-corrected chi connectivity index (χ0v) is 16.2. The monoisotopic (exact) mass is 361 g/mol. The smallest absolute Gasteiger partial charge is 0.143 e. The molecule has 0 bridgehead atoms. The summed E-state index contributed by atoms with van der Waals surface area (Å²) in [5.41, 5.74) is 0.540. The van der Waals surface area contributed by atoms with Crippen molar-refractivity contribution >= 4 is 5.78 Å². The van der Waals surface area contributed by atoms with E-state index in [2.05, 4.69) is 22.8 Å². The Labute approximate surface area is 162 Å². The molecule has 2 aromatic rings. The number of Topliss-reactive ketones (excluding diaryl/α,β-unsaturated/α-hetero) is 1. The maximum atomic E-state index is 13.1. The van der Waals surface area contributed by atoms with Gasteiger partial charge in [-0.3, -0.25) is 9.69 Å². The highest BCUT2D eigenvalue weighted by atomic mass is 16.5. The molecule has 0 N–H and O–H groups in total. The summed E-state index contributed by atoms with van der Waals surface area (Å²) in [6.45, 7) is 6.35. The number of hydrogen-bond acceptors (Lipinski definition) is 3. The van der Waals surface area contributed by atoms with Gasteiger partial charge in [0.1, 0.15) is 17.3 Å². The standard InChI is InChI=1S/C24H27NO2/c1-3-5-17-25-18-15-24(16-19-25,23(26)4-2)21-13-9-10-14-22(21)27-20-11-7-6-8-12-20/h6-14H,4,15-19H2,1-2H3. The predicted octanol–water partition coefficient (Wildman–Crippen LogP) is 4.81. The molecule has 0 amide bonds. The molecule has 0 aromatic heterocycles. The summed E-state index contributed by atoms with van der Waals surface area (Å²) in [5, 5.41) is 0. The number of benzene rings is 2.